The quantitative estimate of drug-likeness (QED) is 0.478. The van der Waals surface area contributed by atoms with Gasteiger partial charge in [0.25, 0.3) is 0 Å². The van der Waals surface area contributed by atoms with Gasteiger partial charge in [-0.3, -0.25) is 4.79 Å². The molecule has 0 N–H and O–H groups in total. The van der Waals surface area contributed by atoms with Crippen molar-refractivity contribution >= 4 is 5.97 Å². The molecular formula is C17H24O2. The highest BCUT2D eigenvalue weighted by atomic mass is 16.6. The minimum Gasteiger partial charge on any atom is -0.461 e. The Bertz CT molecular complexity index is 365. The predicted octanol–water partition coefficient (Wildman–Crippen LogP) is 4.33. The van der Waals surface area contributed by atoms with Gasteiger partial charge in [0, 0.05) is 6.42 Å². The molecule has 1 fully saturated rings. The summed E-state index contributed by atoms with van der Waals surface area (Å²) in [5.74, 6) is 0.169. The monoisotopic (exact) mass is 260 g/mol. The van der Waals surface area contributed by atoms with Gasteiger partial charge >= 0.3 is 5.97 Å². The van der Waals surface area contributed by atoms with E-state index in [-0.39, 0.29) is 18.0 Å². The van der Waals surface area contributed by atoms with Crippen LogP contribution in [0.4, 0.5) is 0 Å². The van der Waals surface area contributed by atoms with Crippen LogP contribution < -0.4 is 0 Å². The molecule has 2 aliphatic rings. The van der Waals surface area contributed by atoms with Gasteiger partial charge in [-0.05, 0) is 32.1 Å². The van der Waals surface area contributed by atoms with Gasteiger partial charge in [0.05, 0.1) is 5.92 Å². The predicted molar refractivity (Wildman–Crippen MR) is 77.7 cm³/mol. The van der Waals surface area contributed by atoms with Gasteiger partial charge in [-0.1, -0.05) is 49.3 Å². The van der Waals surface area contributed by atoms with E-state index in [1.165, 1.54) is 12.8 Å². The molecule has 1 aliphatic heterocycles. The highest BCUT2D eigenvalue weighted by Crippen LogP contribution is 2.30. The van der Waals surface area contributed by atoms with Crippen LogP contribution in [0.2, 0.25) is 0 Å². The van der Waals surface area contributed by atoms with E-state index in [2.05, 4.69) is 36.5 Å². The molecule has 0 saturated carbocycles. The number of allylic oxidation sites excluding steroid dienone is 5. The lowest BCUT2D eigenvalue weighted by Gasteiger charge is -2.34. The summed E-state index contributed by atoms with van der Waals surface area (Å²) in [7, 11) is 0. The molecule has 1 aliphatic carbocycles. The van der Waals surface area contributed by atoms with Crippen LogP contribution in [0.5, 0.6) is 0 Å². The Morgan fingerprint density at radius 2 is 1.63 bits per heavy atom. The van der Waals surface area contributed by atoms with Crippen molar-refractivity contribution in [1.29, 1.82) is 0 Å². The lowest BCUT2D eigenvalue weighted by atomic mass is 9.88. The van der Waals surface area contributed by atoms with Crippen molar-refractivity contribution in [2.24, 2.45) is 5.92 Å². The van der Waals surface area contributed by atoms with Crippen LogP contribution in [0.25, 0.3) is 0 Å². The van der Waals surface area contributed by atoms with Gasteiger partial charge < -0.3 is 4.74 Å². The molecular weight excluding hydrogens is 236 g/mol. The highest BCUT2D eigenvalue weighted by Gasteiger charge is 2.40. The molecule has 2 rings (SSSR count). The molecule has 19 heavy (non-hydrogen) atoms. The SMILES string of the molecule is O=C1OC2CC=CCC=CCC=CCCCCCC12. The summed E-state index contributed by atoms with van der Waals surface area (Å²) in [5.41, 5.74) is 0. The van der Waals surface area contributed by atoms with Crippen LogP contribution in [0.15, 0.2) is 36.5 Å². The first-order chi connectivity index (χ1) is 9.38. The fourth-order valence-electron chi connectivity index (χ4n) is 2.61. The normalized spacial score (nSPS) is 29.4. The minimum atomic E-state index is 0.0132. The maximum absolute atomic E-state index is 11.4. The number of hydrogen-bond donors (Lipinski definition) is 0. The standard InChI is InChI=1S/C17H24O2/c18-17-15-13-11-9-7-5-3-1-2-4-6-8-10-12-14-16(15)19-17/h1,3-4,6,10,12,15-16H,2,5,7-9,11,13-14H2. The first-order valence-electron chi connectivity index (χ1n) is 7.53. The van der Waals surface area contributed by atoms with E-state index < -0.39 is 0 Å². The second-order valence-corrected chi connectivity index (χ2v) is 5.34. The van der Waals surface area contributed by atoms with Crippen molar-refractivity contribution in [2.75, 3.05) is 0 Å². The number of esters is 1. The van der Waals surface area contributed by atoms with E-state index in [1.807, 2.05) is 0 Å². The molecule has 104 valence electrons. The Labute approximate surface area is 116 Å². The van der Waals surface area contributed by atoms with Crippen LogP contribution in [0.1, 0.15) is 51.4 Å². The molecule has 1 heterocycles. The number of fused-ring (bicyclic) bond motifs is 1. The Balaban J connectivity index is 1.84. The fraction of sp³-hybridized carbons (Fsp3) is 0.588. The molecule has 0 spiro atoms. The second-order valence-electron chi connectivity index (χ2n) is 5.34. The van der Waals surface area contributed by atoms with Crippen LogP contribution in [-0.2, 0) is 9.53 Å². The summed E-state index contributed by atoms with van der Waals surface area (Å²) in [5, 5.41) is 0. The van der Waals surface area contributed by atoms with E-state index in [0.717, 1.165) is 38.5 Å². The zero-order valence-electron chi connectivity index (χ0n) is 11.6. The number of carbonyl (C=O) groups is 1. The van der Waals surface area contributed by atoms with Gasteiger partial charge in [-0.15, -0.1) is 0 Å². The Morgan fingerprint density at radius 3 is 2.42 bits per heavy atom. The van der Waals surface area contributed by atoms with Crippen molar-refractivity contribution < 1.29 is 9.53 Å². The maximum atomic E-state index is 11.4. The van der Waals surface area contributed by atoms with E-state index >= 15 is 0 Å². The zero-order chi connectivity index (χ0) is 13.3. The van der Waals surface area contributed by atoms with Crippen LogP contribution in [-0.4, -0.2) is 12.1 Å². The molecule has 0 aromatic carbocycles. The Morgan fingerprint density at radius 1 is 0.895 bits per heavy atom. The Hall–Kier alpha value is -1.31. The topological polar surface area (TPSA) is 26.3 Å². The molecule has 2 heteroatoms. The van der Waals surface area contributed by atoms with Crippen molar-refractivity contribution in [3.63, 3.8) is 0 Å². The minimum absolute atomic E-state index is 0.0132. The summed E-state index contributed by atoms with van der Waals surface area (Å²) in [6.45, 7) is 0. The first-order valence-corrected chi connectivity index (χ1v) is 7.53. The van der Waals surface area contributed by atoms with Gasteiger partial charge in [-0.2, -0.15) is 0 Å². The molecule has 2 unspecified atom stereocenters. The molecule has 2 atom stereocenters. The average Bonchev–Trinajstić information content (AvgIpc) is 2.40. The molecule has 2 nitrogen and oxygen atoms in total. The number of rotatable bonds is 0. The smallest absolute Gasteiger partial charge is 0.313 e. The third-order valence-corrected chi connectivity index (χ3v) is 3.82. The molecule has 1 saturated heterocycles. The molecule has 0 aromatic heterocycles. The summed E-state index contributed by atoms with van der Waals surface area (Å²) in [6.07, 6.45) is 22.0. The van der Waals surface area contributed by atoms with Crippen LogP contribution in [0, 0.1) is 5.92 Å². The van der Waals surface area contributed by atoms with E-state index in [0.29, 0.717) is 0 Å². The van der Waals surface area contributed by atoms with Crippen molar-refractivity contribution in [3.8, 4) is 0 Å². The van der Waals surface area contributed by atoms with Crippen molar-refractivity contribution in [2.45, 2.75) is 57.5 Å². The van der Waals surface area contributed by atoms with Crippen molar-refractivity contribution in [1.82, 2.24) is 0 Å². The fourth-order valence-corrected chi connectivity index (χ4v) is 2.61. The summed E-state index contributed by atoms with van der Waals surface area (Å²) < 4.78 is 5.23. The van der Waals surface area contributed by atoms with Crippen molar-refractivity contribution in [3.05, 3.63) is 36.5 Å². The zero-order valence-corrected chi connectivity index (χ0v) is 11.6. The summed E-state index contributed by atoms with van der Waals surface area (Å²) in [4.78, 5) is 11.4. The average molecular weight is 260 g/mol. The van der Waals surface area contributed by atoms with Gasteiger partial charge in [0.1, 0.15) is 6.10 Å². The molecule has 0 aromatic rings. The number of carbonyl (C=O) groups excluding carboxylic acids is 1. The molecule has 0 amide bonds. The third-order valence-electron chi connectivity index (χ3n) is 3.82. The van der Waals surface area contributed by atoms with Gasteiger partial charge in [0.2, 0.25) is 0 Å². The van der Waals surface area contributed by atoms with Crippen LogP contribution >= 0.6 is 0 Å². The number of ether oxygens (including phenoxy) is 1. The second kappa shape index (κ2) is 7.98. The molecule has 0 bridgehead atoms. The van der Waals surface area contributed by atoms with E-state index in [1.54, 1.807) is 0 Å². The van der Waals surface area contributed by atoms with E-state index in [4.69, 9.17) is 4.74 Å². The lowest BCUT2D eigenvalue weighted by Crippen LogP contribution is -2.44. The summed E-state index contributed by atoms with van der Waals surface area (Å²) >= 11 is 0. The first kappa shape index (κ1) is 14.1. The highest BCUT2D eigenvalue weighted by molar-refractivity contribution is 5.78. The van der Waals surface area contributed by atoms with Crippen LogP contribution in [0.3, 0.4) is 0 Å². The Kier molecular flexibility index (Phi) is 5.93. The largest absolute Gasteiger partial charge is 0.461 e. The number of hydrogen-bond acceptors (Lipinski definition) is 2. The van der Waals surface area contributed by atoms with Gasteiger partial charge in [-0.25, -0.2) is 0 Å². The lowest BCUT2D eigenvalue weighted by molar-refractivity contribution is -0.184. The maximum Gasteiger partial charge on any atom is 0.313 e. The summed E-state index contributed by atoms with van der Waals surface area (Å²) in [6, 6.07) is 0. The van der Waals surface area contributed by atoms with Gasteiger partial charge in [0.15, 0.2) is 0 Å². The third kappa shape index (κ3) is 4.70. The molecule has 0 radical (unpaired) electrons. The van der Waals surface area contributed by atoms with E-state index in [9.17, 15) is 4.79 Å².